The summed E-state index contributed by atoms with van der Waals surface area (Å²) in [4.78, 5) is 12.4. The summed E-state index contributed by atoms with van der Waals surface area (Å²) >= 11 is 5.92. The van der Waals surface area contributed by atoms with Gasteiger partial charge < -0.3 is 19.5 Å². The number of benzene rings is 2. The molecule has 0 radical (unpaired) electrons. The molecule has 0 aliphatic heterocycles. The van der Waals surface area contributed by atoms with Gasteiger partial charge in [0.05, 0.1) is 19.9 Å². The third-order valence-corrected chi connectivity index (χ3v) is 3.71. The summed E-state index contributed by atoms with van der Waals surface area (Å²) < 4.78 is 16.1. The zero-order chi connectivity index (χ0) is 17.7. The highest BCUT2D eigenvalue weighted by molar-refractivity contribution is 6.30. The second kappa shape index (κ2) is 7.93. The van der Waals surface area contributed by atoms with Crippen molar-refractivity contribution in [1.82, 2.24) is 0 Å². The molecule has 1 amide bonds. The standard InChI is InChI=1S/C18H20ClNO4/c1-11-9-13(19)5-8-16(11)24-12(2)18(21)20-15-7-6-14(22-3)10-17(15)23-4/h5-10,12H,1-4H3,(H,20,21)/t12-/m1/s1. The Morgan fingerprint density at radius 2 is 1.83 bits per heavy atom. The highest BCUT2D eigenvalue weighted by atomic mass is 35.5. The summed E-state index contributed by atoms with van der Waals surface area (Å²) in [5.74, 6) is 1.49. The van der Waals surface area contributed by atoms with E-state index in [4.69, 9.17) is 25.8 Å². The van der Waals surface area contributed by atoms with Crippen LogP contribution in [0.1, 0.15) is 12.5 Å². The van der Waals surface area contributed by atoms with Crippen molar-refractivity contribution in [3.8, 4) is 17.2 Å². The molecule has 0 saturated carbocycles. The summed E-state index contributed by atoms with van der Waals surface area (Å²) in [6, 6.07) is 10.4. The van der Waals surface area contributed by atoms with E-state index in [0.717, 1.165) is 5.56 Å². The molecule has 0 spiro atoms. The fourth-order valence-electron chi connectivity index (χ4n) is 2.13. The van der Waals surface area contributed by atoms with E-state index < -0.39 is 6.10 Å². The van der Waals surface area contributed by atoms with Crippen molar-refractivity contribution >= 4 is 23.2 Å². The van der Waals surface area contributed by atoms with Crippen molar-refractivity contribution < 1.29 is 19.0 Å². The zero-order valence-electron chi connectivity index (χ0n) is 14.1. The molecular weight excluding hydrogens is 330 g/mol. The zero-order valence-corrected chi connectivity index (χ0v) is 14.8. The van der Waals surface area contributed by atoms with Crippen LogP contribution in [-0.2, 0) is 4.79 Å². The van der Waals surface area contributed by atoms with Crippen LogP contribution in [0.3, 0.4) is 0 Å². The van der Waals surface area contributed by atoms with E-state index in [1.165, 1.54) is 7.11 Å². The monoisotopic (exact) mass is 349 g/mol. The second-order valence-corrected chi connectivity index (χ2v) is 5.66. The van der Waals surface area contributed by atoms with Gasteiger partial charge in [-0.1, -0.05) is 11.6 Å². The maximum Gasteiger partial charge on any atom is 0.265 e. The van der Waals surface area contributed by atoms with Crippen LogP contribution in [0.15, 0.2) is 36.4 Å². The van der Waals surface area contributed by atoms with Crippen molar-refractivity contribution in [3.05, 3.63) is 47.0 Å². The van der Waals surface area contributed by atoms with Gasteiger partial charge in [0, 0.05) is 11.1 Å². The van der Waals surface area contributed by atoms with E-state index in [0.29, 0.717) is 28.0 Å². The molecule has 0 unspecified atom stereocenters. The molecule has 0 fully saturated rings. The number of methoxy groups -OCH3 is 2. The molecule has 2 aromatic carbocycles. The number of anilines is 1. The maximum absolute atomic E-state index is 12.4. The molecule has 0 aromatic heterocycles. The molecule has 5 nitrogen and oxygen atoms in total. The molecule has 6 heteroatoms. The topological polar surface area (TPSA) is 56.8 Å². The van der Waals surface area contributed by atoms with E-state index in [9.17, 15) is 4.79 Å². The first-order chi connectivity index (χ1) is 11.4. The average molecular weight is 350 g/mol. The predicted molar refractivity (Wildman–Crippen MR) is 94.5 cm³/mol. The average Bonchev–Trinajstić information content (AvgIpc) is 2.57. The molecule has 1 atom stereocenters. The summed E-state index contributed by atoms with van der Waals surface area (Å²) in [7, 11) is 3.10. The van der Waals surface area contributed by atoms with E-state index in [1.54, 1.807) is 50.4 Å². The lowest BCUT2D eigenvalue weighted by Gasteiger charge is -2.17. The Hall–Kier alpha value is -2.40. The van der Waals surface area contributed by atoms with Crippen LogP contribution in [0, 0.1) is 6.92 Å². The minimum Gasteiger partial charge on any atom is -0.497 e. The quantitative estimate of drug-likeness (QED) is 0.854. The normalized spacial score (nSPS) is 11.5. The van der Waals surface area contributed by atoms with Gasteiger partial charge in [0.2, 0.25) is 0 Å². The molecule has 2 rings (SSSR count). The number of hydrogen-bond acceptors (Lipinski definition) is 4. The fraction of sp³-hybridized carbons (Fsp3) is 0.278. The Morgan fingerprint density at radius 1 is 1.08 bits per heavy atom. The van der Waals surface area contributed by atoms with Crippen molar-refractivity contribution in [3.63, 3.8) is 0 Å². The lowest BCUT2D eigenvalue weighted by molar-refractivity contribution is -0.122. The Kier molecular flexibility index (Phi) is 5.93. The van der Waals surface area contributed by atoms with Crippen LogP contribution in [0.5, 0.6) is 17.2 Å². The Bertz CT molecular complexity index is 733. The van der Waals surface area contributed by atoms with Crippen LogP contribution >= 0.6 is 11.6 Å². The first-order valence-electron chi connectivity index (χ1n) is 7.40. The summed E-state index contributed by atoms with van der Waals surface area (Å²) in [5.41, 5.74) is 1.41. The minimum atomic E-state index is -0.684. The second-order valence-electron chi connectivity index (χ2n) is 5.23. The highest BCUT2D eigenvalue weighted by Crippen LogP contribution is 2.29. The lowest BCUT2D eigenvalue weighted by Crippen LogP contribution is -2.30. The number of aryl methyl sites for hydroxylation is 1. The number of hydrogen-bond donors (Lipinski definition) is 1. The van der Waals surface area contributed by atoms with Gasteiger partial charge in [0.1, 0.15) is 17.2 Å². The van der Waals surface area contributed by atoms with Gasteiger partial charge in [-0.3, -0.25) is 4.79 Å². The van der Waals surface area contributed by atoms with Crippen LogP contribution in [0.4, 0.5) is 5.69 Å². The Balaban J connectivity index is 2.08. The van der Waals surface area contributed by atoms with Gasteiger partial charge in [0.25, 0.3) is 5.91 Å². The first-order valence-corrected chi connectivity index (χ1v) is 7.78. The number of carbonyl (C=O) groups is 1. The van der Waals surface area contributed by atoms with E-state index in [2.05, 4.69) is 5.32 Å². The van der Waals surface area contributed by atoms with Gasteiger partial charge in [-0.25, -0.2) is 0 Å². The summed E-state index contributed by atoms with van der Waals surface area (Å²) in [6.45, 7) is 3.55. The molecule has 0 aliphatic carbocycles. The molecule has 1 N–H and O–H groups in total. The molecule has 0 saturated heterocycles. The van der Waals surface area contributed by atoms with Crippen LogP contribution in [0.2, 0.25) is 5.02 Å². The third kappa shape index (κ3) is 4.32. The number of rotatable bonds is 6. The Labute approximate surface area is 146 Å². The van der Waals surface area contributed by atoms with Crippen molar-refractivity contribution in [1.29, 1.82) is 0 Å². The smallest absolute Gasteiger partial charge is 0.265 e. The summed E-state index contributed by atoms with van der Waals surface area (Å²) in [6.07, 6.45) is -0.684. The fourth-order valence-corrected chi connectivity index (χ4v) is 2.35. The van der Waals surface area contributed by atoms with Crippen molar-refractivity contribution in [2.24, 2.45) is 0 Å². The number of nitrogens with one attached hydrogen (secondary N) is 1. The van der Waals surface area contributed by atoms with Gasteiger partial charge in [-0.2, -0.15) is 0 Å². The van der Waals surface area contributed by atoms with Crippen LogP contribution < -0.4 is 19.5 Å². The molecular formula is C18H20ClNO4. The van der Waals surface area contributed by atoms with Gasteiger partial charge in [0.15, 0.2) is 6.10 Å². The highest BCUT2D eigenvalue weighted by Gasteiger charge is 2.18. The van der Waals surface area contributed by atoms with E-state index in [-0.39, 0.29) is 5.91 Å². The molecule has 0 bridgehead atoms. The van der Waals surface area contributed by atoms with Crippen LogP contribution in [-0.4, -0.2) is 26.2 Å². The first kappa shape index (κ1) is 17.9. The number of carbonyl (C=O) groups excluding carboxylic acids is 1. The molecule has 0 heterocycles. The largest absolute Gasteiger partial charge is 0.497 e. The third-order valence-electron chi connectivity index (χ3n) is 3.48. The minimum absolute atomic E-state index is 0.284. The van der Waals surface area contributed by atoms with Crippen LogP contribution in [0.25, 0.3) is 0 Å². The predicted octanol–water partition coefficient (Wildman–Crippen LogP) is 4.07. The SMILES string of the molecule is COc1ccc(NC(=O)[C@@H](C)Oc2ccc(Cl)cc2C)c(OC)c1. The van der Waals surface area contributed by atoms with E-state index in [1.807, 2.05) is 6.92 Å². The number of ether oxygens (including phenoxy) is 3. The summed E-state index contributed by atoms with van der Waals surface area (Å²) in [5, 5.41) is 3.42. The molecule has 24 heavy (non-hydrogen) atoms. The molecule has 128 valence electrons. The van der Waals surface area contributed by atoms with E-state index >= 15 is 0 Å². The Morgan fingerprint density at radius 3 is 2.46 bits per heavy atom. The van der Waals surface area contributed by atoms with Gasteiger partial charge in [-0.15, -0.1) is 0 Å². The van der Waals surface area contributed by atoms with Gasteiger partial charge in [-0.05, 0) is 49.7 Å². The molecule has 2 aromatic rings. The molecule has 0 aliphatic rings. The van der Waals surface area contributed by atoms with Gasteiger partial charge >= 0.3 is 0 Å². The van der Waals surface area contributed by atoms with Crippen molar-refractivity contribution in [2.75, 3.05) is 19.5 Å². The maximum atomic E-state index is 12.4. The lowest BCUT2D eigenvalue weighted by atomic mass is 10.2. The number of amides is 1. The van der Waals surface area contributed by atoms with Crippen molar-refractivity contribution in [2.45, 2.75) is 20.0 Å². The number of halogens is 1.